The molecular formula is C18H20N2O2. The van der Waals surface area contributed by atoms with Gasteiger partial charge in [0, 0.05) is 17.8 Å². The minimum Gasteiger partial charge on any atom is -0.372 e. The molecule has 2 aromatic rings. The van der Waals surface area contributed by atoms with E-state index < -0.39 is 0 Å². The first kappa shape index (κ1) is 14.8. The molecule has 1 aliphatic heterocycles. The first-order chi connectivity index (χ1) is 10.8. The van der Waals surface area contributed by atoms with Gasteiger partial charge in [0.1, 0.15) is 0 Å². The second-order valence-electron chi connectivity index (χ2n) is 5.37. The molecule has 0 atom stereocenters. The molecule has 0 unspecified atom stereocenters. The van der Waals surface area contributed by atoms with Gasteiger partial charge in [0.05, 0.1) is 13.2 Å². The molecule has 4 nitrogen and oxygen atoms in total. The van der Waals surface area contributed by atoms with Crippen molar-refractivity contribution < 1.29 is 9.53 Å². The number of hydrogen-bond acceptors (Lipinski definition) is 3. The number of hydrogen-bond donors (Lipinski definition) is 2. The van der Waals surface area contributed by atoms with Gasteiger partial charge in [-0.1, -0.05) is 31.2 Å². The van der Waals surface area contributed by atoms with E-state index in [9.17, 15) is 4.79 Å². The van der Waals surface area contributed by atoms with Crippen molar-refractivity contribution in [3.8, 4) is 0 Å². The van der Waals surface area contributed by atoms with E-state index in [0.717, 1.165) is 29.9 Å². The molecule has 0 radical (unpaired) electrons. The molecule has 0 aliphatic carbocycles. The molecule has 3 rings (SSSR count). The maximum absolute atomic E-state index is 12.5. The van der Waals surface area contributed by atoms with Crippen LogP contribution in [0.15, 0.2) is 42.5 Å². The Bertz CT molecular complexity index is 683. The van der Waals surface area contributed by atoms with E-state index >= 15 is 0 Å². The van der Waals surface area contributed by atoms with Crippen LogP contribution in [0.2, 0.25) is 0 Å². The lowest BCUT2D eigenvalue weighted by molar-refractivity contribution is 0.102. The molecule has 2 aromatic carbocycles. The van der Waals surface area contributed by atoms with E-state index in [1.54, 1.807) is 0 Å². The topological polar surface area (TPSA) is 50.4 Å². The van der Waals surface area contributed by atoms with Crippen LogP contribution in [0.5, 0.6) is 0 Å². The highest BCUT2D eigenvalue weighted by Gasteiger charge is 2.15. The average molecular weight is 296 g/mol. The molecule has 1 heterocycles. The van der Waals surface area contributed by atoms with Crippen LogP contribution in [-0.2, 0) is 24.5 Å². The summed E-state index contributed by atoms with van der Waals surface area (Å²) in [6.07, 6.45) is 0. The summed E-state index contributed by atoms with van der Waals surface area (Å²) >= 11 is 0. The van der Waals surface area contributed by atoms with Gasteiger partial charge in [0.2, 0.25) is 0 Å². The maximum atomic E-state index is 12.5. The van der Waals surface area contributed by atoms with E-state index in [-0.39, 0.29) is 5.91 Å². The minimum absolute atomic E-state index is 0.0846. The molecule has 0 fully saturated rings. The van der Waals surface area contributed by atoms with Gasteiger partial charge >= 0.3 is 0 Å². The number of para-hydroxylation sites is 1. The Morgan fingerprint density at radius 2 is 1.95 bits per heavy atom. The van der Waals surface area contributed by atoms with Crippen LogP contribution in [0.3, 0.4) is 0 Å². The van der Waals surface area contributed by atoms with Crippen molar-refractivity contribution >= 4 is 11.6 Å². The zero-order valence-corrected chi connectivity index (χ0v) is 12.7. The Hall–Kier alpha value is -2.17. The Labute approximate surface area is 130 Å². The third-order valence-electron chi connectivity index (χ3n) is 3.81. The predicted molar refractivity (Wildman–Crippen MR) is 86.7 cm³/mol. The summed E-state index contributed by atoms with van der Waals surface area (Å²) in [7, 11) is 0. The maximum Gasteiger partial charge on any atom is 0.255 e. The van der Waals surface area contributed by atoms with Crippen LogP contribution < -0.4 is 10.6 Å². The van der Waals surface area contributed by atoms with Crippen molar-refractivity contribution in [2.75, 3.05) is 11.9 Å². The van der Waals surface area contributed by atoms with Crippen LogP contribution in [0.25, 0.3) is 0 Å². The highest BCUT2D eigenvalue weighted by atomic mass is 16.5. The molecule has 0 bridgehead atoms. The van der Waals surface area contributed by atoms with Gasteiger partial charge in [-0.3, -0.25) is 4.79 Å². The Morgan fingerprint density at radius 1 is 1.14 bits per heavy atom. The summed E-state index contributed by atoms with van der Waals surface area (Å²) in [6.45, 7) is 4.93. The molecule has 22 heavy (non-hydrogen) atoms. The fraction of sp³-hybridized carbons (Fsp3) is 0.278. The van der Waals surface area contributed by atoms with E-state index in [1.807, 2.05) is 42.5 Å². The third-order valence-corrected chi connectivity index (χ3v) is 3.81. The number of nitrogens with one attached hydrogen (secondary N) is 2. The summed E-state index contributed by atoms with van der Waals surface area (Å²) in [5.41, 5.74) is 4.88. The lowest BCUT2D eigenvalue weighted by Gasteiger charge is -2.12. The number of rotatable bonds is 5. The molecule has 1 amide bonds. The van der Waals surface area contributed by atoms with E-state index in [2.05, 4.69) is 17.6 Å². The van der Waals surface area contributed by atoms with Crippen LogP contribution >= 0.6 is 0 Å². The lowest BCUT2D eigenvalue weighted by atomic mass is 10.1. The molecular weight excluding hydrogens is 276 g/mol. The van der Waals surface area contributed by atoms with Crippen molar-refractivity contribution in [1.29, 1.82) is 0 Å². The zero-order valence-electron chi connectivity index (χ0n) is 12.7. The smallest absolute Gasteiger partial charge is 0.255 e. The summed E-state index contributed by atoms with van der Waals surface area (Å²) in [5.74, 6) is -0.0846. The largest absolute Gasteiger partial charge is 0.372 e. The van der Waals surface area contributed by atoms with Crippen molar-refractivity contribution in [3.05, 3.63) is 64.7 Å². The van der Waals surface area contributed by atoms with Gasteiger partial charge in [-0.05, 0) is 41.4 Å². The number of carbonyl (C=O) groups excluding carboxylic acids is 1. The highest BCUT2D eigenvalue weighted by molar-refractivity contribution is 6.04. The van der Waals surface area contributed by atoms with Gasteiger partial charge in [0.15, 0.2) is 0 Å². The first-order valence-electron chi connectivity index (χ1n) is 7.57. The van der Waals surface area contributed by atoms with Gasteiger partial charge in [-0.15, -0.1) is 0 Å². The summed E-state index contributed by atoms with van der Waals surface area (Å²) in [4.78, 5) is 12.5. The number of amides is 1. The molecule has 0 saturated carbocycles. The van der Waals surface area contributed by atoms with Crippen molar-refractivity contribution in [3.63, 3.8) is 0 Å². The Balaban J connectivity index is 1.77. The van der Waals surface area contributed by atoms with Crippen molar-refractivity contribution in [1.82, 2.24) is 5.32 Å². The number of anilines is 1. The van der Waals surface area contributed by atoms with Crippen LogP contribution in [0.4, 0.5) is 5.69 Å². The molecule has 0 saturated heterocycles. The van der Waals surface area contributed by atoms with E-state index in [0.29, 0.717) is 18.8 Å². The van der Waals surface area contributed by atoms with E-state index in [4.69, 9.17) is 4.74 Å². The Morgan fingerprint density at radius 3 is 2.82 bits per heavy atom. The quantitative estimate of drug-likeness (QED) is 0.891. The molecule has 2 N–H and O–H groups in total. The SMILES string of the molecule is CCNCc1ccccc1NC(=O)c1ccc2c(c1)COC2. The van der Waals surface area contributed by atoms with Gasteiger partial charge in [0.25, 0.3) is 5.91 Å². The van der Waals surface area contributed by atoms with Crippen LogP contribution in [-0.4, -0.2) is 12.5 Å². The lowest BCUT2D eigenvalue weighted by Crippen LogP contribution is -2.17. The molecule has 114 valence electrons. The summed E-state index contributed by atoms with van der Waals surface area (Å²) < 4.78 is 5.39. The fourth-order valence-corrected chi connectivity index (χ4v) is 2.56. The van der Waals surface area contributed by atoms with E-state index in [1.165, 1.54) is 5.56 Å². The predicted octanol–water partition coefficient (Wildman–Crippen LogP) is 3.08. The van der Waals surface area contributed by atoms with Gasteiger partial charge in [-0.2, -0.15) is 0 Å². The summed E-state index contributed by atoms with van der Waals surface area (Å²) in [5, 5.41) is 6.29. The summed E-state index contributed by atoms with van der Waals surface area (Å²) in [6, 6.07) is 13.6. The number of carbonyl (C=O) groups is 1. The number of benzene rings is 2. The Kier molecular flexibility index (Phi) is 4.51. The van der Waals surface area contributed by atoms with Crippen molar-refractivity contribution in [2.45, 2.75) is 26.7 Å². The second-order valence-corrected chi connectivity index (χ2v) is 5.37. The monoisotopic (exact) mass is 296 g/mol. The van der Waals surface area contributed by atoms with Crippen LogP contribution in [0.1, 0.15) is 34.0 Å². The standard InChI is InChI=1S/C18H20N2O2/c1-2-19-10-14-5-3-4-6-17(14)20-18(21)13-7-8-15-11-22-12-16(15)9-13/h3-9,19H,2,10-12H2,1H3,(H,20,21). The first-order valence-corrected chi connectivity index (χ1v) is 7.57. The zero-order chi connectivity index (χ0) is 15.4. The van der Waals surface area contributed by atoms with Crippen molar-refractivity contribution in [2.24, 2.45) is 0 Å². The highest BCUT2D eigenvalue weighted by Crippen LogP contribution is 2.22. The third kappa shape index (κ3) is 3.18. The van der Waals surface area contributed by atoms with Crippen LogP contribution in [0, 0.1) is 0 Å². The number of fused-ring (bicyclic) bond motifs is 1. The van der Waals surface area contributed by atoms with Gasteiger partial charge < -0.3 is 15.4 Å². The average Bonchev–Trinajstić information content (AvgIpc) is 3.01. The second kappa shape index (κ2) is 6.73. The normalized spacial score (nSPS) is 13.0. The molecule has 0 spiro atoms. The molecule has 4 heteroatoms. The number of ether oxygens (including phenoxy) is 1. The molecule has 0 aromatic heterocycles. The van der Waals surface area contributed by atoms with Gasteiger partial charge in [-0.25, -0.2) is 0 Å². The molecule has 1 aliphatic rings. The fourth-order valence-electron chi connectivity index (χ4n) is 2.56. The minimum atomic E-state index is -0.0846.